The zero-order valence-electron chi connectivity index (χ0n) is 17.8. The lowest BCUT2D eigenvalue weighted by Gasteiger charge is -2.26. The first-order valence-electron chi connectivity index (χ1n) is 10.6. The molecule has 0 radical (unpaired) electrons. The number of hydrogen-bond acceptors (Lipinski definition) is 5. The van der Waals surface area contributed by atoms with E-state index in [9.17, 15) is 9.90 Å². The van der Waals surface area contributed by atoms with E-state index in [0.717, 1.165) is 23.3 Å². The van der Waals surface area contributed by atoms with Crippen LogP contribution in [0.25, 0.3) is 11.3 Å². The van der Waals surface area contributed by atoms with Crippen LogP contribution in [0, 0.1) is 0 Å². The molecule has 31 heavy (non-hydrogen) atoms. The fourth-order valence-corrected chi connectivity index (χ4v) is 4.08. The summed E-state index contributed by atoms with van der Waals surface area (Å²) in [6, 6.07) is 14.5. The predicted molar refractivity (Wildman–Crippen MR) is 117 cm³/mol. The number of aromatic amines is 1. The van der Waals surface area contributed by atoms with Gasteiger partial charge in [0, 0.05) is 30.9 Å². The monoisotopic (exact) mass is 421 g/mol. The number of para-hydroxylation sites is 1. The summed E-state index contributed by atoms with van der Waals surface area (Å²) in [4.78, 5) is 15.1. The van der Waals surface area contributed by atoms with Crippen LogP contribution in [0.4, 0.5) is 0 Å². The van der Waals surface area contributed by atoms with Crippen molar-refractivity contribution >= 4 is 5.91 Å². The van der Waals surface area contributed by atoms with E-state index in [1.54, 1.807) is 12.1 Å². The summed E-state index contributed by atoms with van der Waals surface area (Å²) >= 11 is 0. The van der Waals surface area contributed by atoms with E-state index in [1.165, 1.54) is 0 Å². The van der Waals surface area contributed by atoms with Gasteiger partial charge < -0.3 is 19.5 Å². The minimum absolute atomic E-state index is 0.104. The maximum atomic E-state index is 13.3. The summed E-state index contributed by atoms with van der Waals surface area (Å²) in [5.41, 5.74) is 3.35. The van der Waals surface area contributed by atoms with Gasteiger partial charge in [-0.15, -0.1) is 0 Å². The summed E-state index contributed by atoms with van der Waals surface area (Å²) < 4.78 is 11.2. The number of phenolic OH excluding ortho intramolecular Hbond substituents is 1. The number of fused-ring (bicyclic) bond motifs is 1. The Hall–Kier alpha value is -3.32. The highest BCUT2D eigenvalue weighted by Gasteiger charge is 2.42. The summed E-state index contributed by atoms with van der Waals surface area (Å²) in [5, 5.41) is 17.8. The second-order valence-corrected chi connectivity index (χ2v) is 7.34. The van der Waals surface area contributed by atoms with E-state index in [1.807, 2.05) is 55.1 Å². The molecule has 0 spiro atoms. The predicted octanol–water partition coefficient (Wildman–Crippen LogP) is 4.15. The van der Waals surface area contributed by atoms with Gasteiger partial charge in [-0.2, -0.15) is 5.10 Å². The highest BCUT2D eigenvalue weighted by atomic mass is 16.5. The molecule has 1 aliphatic heterocycles. The topological polar surface area (TPSA) is 87.7 Å². The fourth-order valence-electron chi connectivity index (χ4n) is 4.08. The molecule has 2 aromatic carbocycles. The van der Waals surface area contributed by atoms with Gasteiger partial charge in [-0.1, -0.05) is 24.3 Å². The van der Waals surface area contributed by atoms with Crippen LogP contribution in [-0.4, -0.2) is 52.5 Å². The van der Waals surface area contributed by atoms with Crippen LogP contribution in [0.2, 0.25) is 0 Å². The zero-order chi connectivity index (χ0) is 21.8. The molecule has 0 saturated heterocycles. The summed E-state index contributed by atoms with van der Waals surface area (Å²) in [5.74, 6) is 0.774. The van der Waals surface area contributed by atoms with E-state index >= 15 is 0 Å². The maximum absolute atomic E-state index is 13.3. The minimum atomic E-state index is -0.335. The van der Waals surface area contributed by atoms with Crippen molar-refractivity contribution in [3.8, 4) is 22.8 Å². The number of amides is 1. The molecule has 2 N–H and O–H groups in total. The van der Waals surface area contributed by atoms with Crippen molar-refractivity contribution in [1.29, 1.82) is 0 Å². The van der Waals surface area contributed by atoms with Crippen LogP contribution in [0.5, 0.6) is 11.5 Å². The van der Waals surface area contributed by atoms with Crippen molar-refractivity contribution < 1.29 is 19.4 Å². The number of rotatable bonds is 9. The number of hydrogen-bond donors (Lipinski definition) is 2. The molecule has 4 rings (SSSR count). The molecule has 1 aliphatic rings. The van der Waals surface area contributed by atoms with Crippen molar-refractivity contribution in [2.45, 2.75) is 26.3 Å². The smallest absolute Gasteiger partial charge is 0.273 e. The first kappa shape index (κ1) is 20.9. The van der Waals surface area contributed by atoms with E-state index in [4.69, 9.17) is 9.47 Å². The quantitative estimate of drug-likeness (QED) is 0.507. The number of carbonyl (C=O) groups excluding carboxylic acids is 1. The lowest BCUT2D eigenvalue weighted by atomic mass is 9.95. The molecule has 162 valence electrons. The molecule has 0 unspecified atom stereocenters. The fraction of sp³-hybridized carbons (Fsp3) is 0.333. The number of carbonyl (C=O) groups is 1. The number of aromatic nitrogens is 2. The Bertz CT molecular complexity index is 1060. The zero-order valence-corrected chi connectivity index (χ0v) is 17.8. The molecule has 7 nitrogen and oxygen atoms in total. The molecule has 0 saturated carbocycles. The molecule has 7 heteroatoms. The van der Waals surface area contributed by atoms with Gasteiger partial charge in [0.05, 0.1) is 12.6 Å². The van der Waals surface area contributed by atoms with Gasteiger partial charge in [-0.25, -0.2) is 0 Å². The first-order chi connectivity index (χ1) is 15.2. The van der Waals surface area contributed by atoms with Crippen LogP contribution in [0.15, 0.2) is 48.5 Å². The lowest BCUT2D eigenvalue weighted by Crippen LogP contribution is -2.31. The maximum Gasteiger partial charge on any atom is 0.273 e. The minimum Gasteiger partial charge on any atom is -0.507 e. The van der Waals surface area contributed by atoms with E-state index in [0.29, 0.717) is 43.3 Å². The van der Waals surface area contributed by atoms with Crippen molar-refractivity contribution in [1.82, 2.24) is 15.1 Å². The van der Waals surface area contributed by atoms with Gasteiger partial charge in [0.25, 0.3) is 5.91 Å². The van der Waals surface area contributed by atoms with Crippen molar-refractivity contribution in [3.63, 3.8) is 0 Å². The highest BCUT2D eigenvalue weighted by molar-refractivity contribution is 6.00. The highest BCUT2D eigenvalue weighted by Crippen LogP contribution is 2.44. The molecular weight excluding hydrogens is 394 g/mol. The second-order valence-electron chi connectivity index (χ2n) is 7.34. The van der Waals surface area contributed by atoms with Crippen molar-refractivity contribution in [2.75, 3.05) is 26.4 Å². The number of ether oxygens (including phenoxy) is 2. The molecule has 1 aromatic heterocycles. The third-order valence-electron chi connectivity index (χ3n) is 5.40. The largest absolute Gasteiger partial charge is 0.507 e. The van der Waals surface area contributed by atoms with Crippen LogP contribution in [0.1, 0.15) is 47.9 Å². The number of aromatic hydroxyl groups is 1. The van der Waals surface area contributed by atoms with Gasteiger partial charge in [0.1, 0.15) is 22.9 Å². The van der Waals surface area contributed by atoms with E-state index in [-0.39, 0.29) is 17.7 Å². The van der Waals surface area contributed by atoms with Crippen LogP contribution in [0.3, 0.4) is 0 Å². The SMILES string of the molecule is CCOCCCN1C(=O)c2[nH]nc(-c3ccccc3O)c2[C@H]1c1cccc(OCC)c1. The number of nitrogens with one attached hydrogen (secondary N) is 1. The standard InChI is InChI=1S/C24H27N3O4/c1-3-30-14-8-13-27-23(16-9-7-10-17(15-16)31-4-2)20-21(25-26-22(20)24(27)29)18-11-5-6-12-19(18)28/h5-7,9-12,15,23,28H,3-4,8,13-14H2,1-2H3,(H,25,26)/t23-/m1/s1. The summed E-state index contributed by atoms with van der Waals surface area (Å²) in [6.45, 7) is 6.24. The summed E-state index contributed by atoms with van der Waals surface area (Å²) in [7, 11) is 0. The average molecular weight is 421 g/mol. The Labute approximate surface area is 181 Å². The molecule has 0 aliphatic carbocycles. The van der Waals surface area contributed by atoms with E-state index in [2.05, 4.69) is 10.2 Å². The lowest BCUT2D eigenvalue weighted by molar-refractivity contribution is 0.0710. The normalized spacial score (nSPS) is 15.4. The Morgan fingerprint density at radius 3 is 2.74 bits per heavy atom. The second kappa shape index (κ2) is 9.22. The van der Waals surface area contributed by atoms with Crippen LogP contribution < -0.4 is 4.74 Å². The Morgan fingerprint density at radius 1 is 1.13 bits per heavy atom. The van der Waals surface area contributed by atoms with Crippen molar-refractivity contribution in [2.24, 2.45) is 0 Å². The molecule has 1 amide bonds. The van der Waals surface area contributed by atoms with Crippen LogP contribution in [-0.2, 0) is 4.74 Å². The third-order valence-corrected chi connectivity index (χ3v) is 5.40. The number of benzene rings is 2. The number of H-pyrrole nitrogens is 1. The van der Waals surface area contributed by atoms with Gasteiger partial charge in [0.15, 0.2) is 0 Å². The van der Waals surface area contributed by atoms with Crippen LogP contribution >= 0.6 is 0 Å². The number of phenols is 1. The molecule has 2 heterocycles. The summed E-state index contributed by atoms with van der Waals surface area (Å²) in [6.07, 6.45) is 0.727. The molecule has 0 bridgehead atoms. The number of nitrogens with zero attached hydrogens (tertiary/aromatic N) is 2. The van der Waals surface area contributed by atoms with Gasteiger partial charge in [-0.05, 0) is 50.1 Å². The third kappa shape index (κ3) is 4.01. The van der Waals surface area contributed by atoms with Gasteiger partial charge in [0.2, 0.25) is 0 Å². The average Bonchev–Trinajstić information content (AvgIpc) is 3.31. The van der Waals surface area contributed by atoms with Gasteiger partial charge >= 0.3 is 0 Å². The molecular formula is C24H27N3O4. The Morgan fingerprint density at radius 2 is 1.97 bits per heavy atom. The Balaban J connectivity index is 1.79. The molecule has 0 fully saturated rings. The first-order valence-corrected chi connectivity index (χ1v) is 10.6. The van der Waals surface area contributed by atoms with Crippen molar-refractivity contribution in [3.05, 3.63) is 65.4 Å². The molecule has 1 atom stereocenters. The van der Waals surface area contributed by atoms with Gasteiger partial charge in [-0.3, -0.25) is 9.89 Å². The Kier molecular flexibility index (Phi) is 6.23. The van der Waals surface area contributed by atoms with E-state index < -0.39 is 0 Å². The molecule has 3 aromatic rings.